The number of hydrogen-bond donors (Lipinski definition) is 1. The van der Waals surface area contributed by atoms with Crippen LogP contribution in [0.25, 0.3) is 10.2 Å². The number of nitrogen functional groups attached to an aromatic ring is 1. The summed E-state index contributed by atoms with van der Waals surface area (Å²) >= 11 is 1.82. The normalized spacial score (nSPS) is 20.1. The summed E-state index contributed by atoms with van der Waals surface area (Å²) in [6, 6.07) is 0. The first kappa shape index (κ1) is 11.9. The molecule has 0 amide bonds. The second-order valence-electron chi connectivity index (χ2n) is 5.54. The SMILES string of the molecule is CC(C)C1CCCc2c(sc3ncnc(N)c23)C1. The molecule has 0 aromatic carbocycles. The van der Waals surface area contributed by atoms with E-state index >= 15 is 0 Å². The van der Waals surface area contributed by atoms with Crippen LogP contribution in [0.1, 0.15) is 37.1 Å². The third-order valence-electron chi connectivity index (χ3n) is 4.09. The highest BCUT2D eigenvalue weighted by molar-refractivity contribution is 7.18. The maximum Gasteiger partial charge on any atom is 0.135 e. The van der Waals surface area contributed by atoms with Crippen molar-refractivity contribution >= 4 is 27.4 Å². The molecule has 2 aromatic heterocycles. The molecule has 0 fully saturated rings. The Morgan fingerprint density at radius 3 is 3.00 bits per heavy atom. The zero-order valence-corrected chi connectivity index (χ0v) is 11.8. The molecule has 96 valence electrons. The molecule has 0 aliphatic heterocycles. The average molecular weight is 261 g/mol. The van der Waals surface area contributed by atoms with Gasteiger partial charge in [-0.05, 0) is 43.1 Å². The number of rotatable bonds is 1. The van der Waals surface area contributed by atoms with Crippen molar-refractivity contribution in [2.45, 2.75) is 39.5 Å². The summed E-state index contributed by atoms with van der Waals surface area (Å²) in [5.41, 5.74) is 7.45. The first-order valence-electron chi connectivity index (χ1n) is 6.67. The Morgan fingerprint density at radius 2 is 2.22 bits per heavy atom. The fourth-order valence-electron chi connectivity index (χ4n) is 2.94. The lowest BCUT2D eigenvalue weighted by Crippen LogP contribution is -2.09. The molecule has 3 nitrogen and oxygen atoms in total. The molecule has 0 bridgehead atoms. The molecule has 3 rings (SSSR count). The smallest absolute Gasteiger partial charge is 0.135 e. The second kappa shape index (κ2) is 4.50. The summed E-state index contributed by atoms with van der Waals surface area (Å²) in [4.78, 5) is 11.1. The molecule has 1 unspecified atom stereocenters. The number of anilines is 1. The van der Waals surface area contributed by atoms with Gasteiger partial charge in [0.1, 0.15) is 17.0 Å². The van der Waals surface area contributed by atoms with E-state index in [0.29, 0.717) is 5.82 Å². The minimum Gasteiger partial charge on any atom is -0.383 e. The quantitative estimate of drug-likeness (QED) is 0.800. The van der Waals surface area contributed by atoms with Crippen LogP contribution in [0.2, 0.25) is 0 Å². The minimum atomic E-state index is 0.653. The predicted octanol–water partition coefficient (Wildman–Crippen LogP) is 3.42. The number of hydrogen-bond acceptors (Lipinski definition) is 4. The maximum atomic E-state index is 6.03. The standard InChI is InChI=1S/C14H19N3S/c1-8(2)9-4-3-5-10-11(6-9)18-14-12(10)13(15)16-7-17-14/h7-9H,3-6H2,1-2H3,(H2,15,16,17). The Balaban J connectivity index is 2.11. The molecule has 0 saturated heterocycles. The molecule has 0 radical (unpaired) electrons. The first-order valence-corrected chi connectivity index (χ1v) is 7.49. The number of fused-ring (bicyclic) bond motifs is 3. The summed E-state index contributed by atoms with van der Waals surface area (Å²) < 4.78 is 0. The Bertz CT molecular complexity index is 574. The number of nitrogens with two attached hydrogens (primary N) is 1. The Morgan fingerprint density at radius 1 is 1.39 bits per heavy atom. The molecule has 2 aromatic rings. The van der Waals surface area contributed by atoms with Crippen molar-refractivity contribution in [3.05, 3.63) is 16.8 Å². The number of nitrogens with zero attached hydrogens (tertiary/aromatic N) is 2. The lowest BCUT2D eigenvalue weighted by atomic mass is 9.89. The topological polar surface area (TPSA) is 51.8 Å². The highest BCUT2D eigenvalue weighted by Crippen LogP contribution is 2.39. The van der Waals surface area contributed by atoms with Gasteiger partial charge >= 0.3 is 0 Å². The van der Waals surface area contributed by atoms with Crippen molar-refractivity contribution in [3.63, 3.8) is 0 Å². The van der Waals surface area contributed by atoms with Crippen LogP contribution >= 0.6 is 11.3 Å². The fourth-order valence-corrected chi connectivity index (χ4v) is 4.23. The van der Waals surface area contributed by atoms with Crippen molar-refractivity contribution in [1.82, 2.24) is 9.97 Å². The lowest BCUT2D eigenvalue weighted by Gasteiger charge is -2.17. The van der Waals surface area contributed by atoms with E-state index in [1.54, 1.807) is 6.33 Å². The minimum absolute atomic E-state index is 0.653. The summed E-state index contributed by atoms with van der Waals surface area (Å²) in [6.07, 6.45) is 6.49. The van der Waals surface area contributed by atoms with Crippen LogP contribution in [0.4, 0.5) is 5.82 Å². The first-order chi connectivity index (χ1) is 8.66. The molecule has 0 spiro atoms. The summed E-state index contributed by atoms with van der Waals surface area (Å²) in [7, 11) is 0. The molecule has 1 aliphatic rings. The van der Waals surface area contributed by atoms with Gasteiger partial charge < -0.3 is 5.73 Å². The van der Waals surface area contributed by atoms with Crippen molar-refractivity contribution in [2.75, 3.05) is 5.73 Å². The Hall–Kier alpha value is -1.16. The molecular formula is C14H19N3S. The van der Waals surface area contributed by atoms with Crippen molar-refractivity contribution in [1.29, 1.82) is 0 Å². The molecule has 18 heavy (non-hydrogen) atoms. The van der Waals surface area contributed by atoms with E-state index in [1.807, 2.05) is 11.3 Å². The lowest BCUT2D eigenvalue weighted by molar-refractivity contribution is 0.359. The summed E-state index contributed by atoms with van der Waals surface area (Å²) in [5, 5.41) is 1.13. The molecule has 4 heteroatoms. The van der Waals surface area contributed by atoms with E-state index < -0.39 is 0 Å². The van der Waals surface area contributed by atoms with Gasteiger partial charge in [0.05, 0.1) is 5.39 Å². The fraction of sp³-hybridized carbons (Fsp3) is 0.571. The van der Waals surface area contributed by atoms with Gasteiger partial charge in [0.15, 0.2) is 0 Å². The van der Waals surface area contributed by atoms with Gasteiger partial charge in [-0.25, -0.2) is 9.97 Å². The average Bonchev–Trinajstić information content (AvgIpc) is 2.54. The second-order valence-corrected chi connectivity index (χ2v) is 6.63. The molecular weight excluding hydrogens is 242 g/mol. The summed E-state index contributed by atoms with van der Waals surface area (Å²) in [6.45, 7) is 4.66. The van der Waals surface area contributed by atoms with Crippen LogP contribution < -0.4 is 5.73 Å². The number of aryl methyl sites for hydroxylation is 1. The van der Waals surface area contributed by atoms with Gasteiger partial charge in [-0.2, -0.15) is 0 Å². The van der Waals surface area contributed by atoms with Gasteiger partial charge in [0.2, 0.25) is 0 Å². The predicted molar refractivity (Wildman–Crippen MR) is 76.8 cm³/mol. The zero-order valence-electron chi connectivity index (χ0n) is 10.9. The molecule has 0 saturated carbocycles. The number of aromatic nitrogens is 2. The van der Waals surface area contributed by atoms with Crippen LogP contribution in [0.3, 0.4) is 0 Å². The van der Waals surface area contributed by atoms with Crippen LogP contribution in [0.5, 0.6) is 0 Å². The van der Waals surface area contributed by atoms with Crippen molar-refractivity contribution < 1.29 is 0 Å². The Labute approximate surface area is 111 Å². The van der Waals surface area contributed by atoms with Gasteiger partial charge in [0, 0.05) is 4.88 Å². The van der Waals surface area contributed by atoms with Crippen LogP contribution in [0, 0.1) is 11.8 Å². The van der Waals surface area contributed by atoms with Gasteiger partial charge in [-0.3, -0.25) is 0 Å². The van der Waals surface area contributed by atoms with E-state index in [2.05, 4.69) is 23.8 Å². The van der Waals surface area contributed by atoms with E-state index in [1.165, 1.54) is 29.7 Å². The van der Waals surface area contributed by atoms with E-state index in [0.717, 1.165) is 28.5 Å². The third-order valence-corrected chi connectivity index (χ3v) is 5.25. The molecule has 2 N–H and O–H groups in total. The van der Waals surface area contributed by atoms with Gasteiger partial charge in [-0.15, -0.1) is 11.3 Å². The van der Waals surface area contributed by atoms with E-state index in [4.69, 9.17) is 5.73 Å². The van der Waals surface area contributed by atoms with Crippen molar-refractivity contribution in [2.24, 2.45) is 11.8 Å². The van der Waals surface area contributed by atoms with Crippen molar-refractivity contribution in [3.8, 4) is 0 Å². The summed E-state index contributed by atoms with van der Waals surface area (Å²) in [5.74, 6) is 2.21. The largest absolute Gasteiger partial charge is 0.383 e. The van der Waals surface area contributed by atoms with E-state index in [9.17, 15) is 0 Å². The van der Waals surface area contributed by atoms with E-state index in [-0.39, 0.29) is 0 Å². The Kier molecular flexibility index (Phi) is 2.98. The van der Waals surface area contributed by atoms with Crippen LogP contribution in [0.15, 0.2) is 6.33 Å². The highest BCUT2D eigenvalue weighted by Gasteiger charge is 2.24. The molecule has 1 aliphatic carbocycles. The molecule has 1 atom stereocenters. The van der Waals surface area contributed by atoms with Gasteiger partial charge in [0.25, 0.3) is 0 Å². The van der Waals surface area contributed by atoms with Crippen LogP contribution in [-0.2, 0) is 12.8 Å². The number of thiophene rings is 1. The van der Waals surface area contributed by atoms with Gasteiger partial charge in [-0.1, -0.05) is 13.8 Å². The third kappa shape index (κ3) is 1.88. The zero-order chi connectivity index (χ0) is 12.7. The molecule has 2 heterocycles. The highest BCUT2D eigenvalue weighted by atomic mass is 32.1. The maximum absolute atomic E-state index is 6.03. The monoisotopic (exact) mass is 261 g/mol. The van der Waals surface area contributed by atoms with Crippen LogP contribution in [-0.4, -0.2) is 9.97 Å².